The first-order valence-electron chi connectivity index (χ1n) is 3.73. The molecule has 0 aliphatic carbocycles. The minimum absolute atomic E-state index is 0.000216. The fourth-order valence-corrected chi connectivity index (χ4v) is 1.31. The summed E-state index contributed by atoms with van der Waals surface area (Å²) in [5.74, 6) is -0.582. The van der Waals surface area contributed by atoms with Gasteiger partial charge in [-0.3, -0.25) is 14.9 Å². The zero-order chi connectivity index (χ0) is 11.6. The maximum absolute atomic E-state index is 10.6. The monoisotopic (exact) mass is 249 g/mol. The van der Waals surface area contributed by atoms with Gasteiger partial charge in [0.15, 0.2) is 5.75 Å². The lowest BCUT2D eigenvalue weighted by Gasteiger charge is -2.04. The Bertz CT molecular complexity index is 433. The van der Waals surface area contributed by atoms with Crippen LogP contribution >= 0.6 is 23.2 Å². The van der Waals surface area contributed by atoms with Gasteiger partial charge in [0.1, 0.15) is 5.02 Å². The second-order valence-electron chi connectivity index (χ2n) is 2.58. The lowest BCUT2D eigenvalue weighted by molar-refractivity contribution is -0.384. The van der Waals surface area contributed by atoms with Crippen molar-refractivity contribution in [2.45, 2.75) is 6.92 Å². The highest BCUT2D eigenvalue weighted by molar-refractivity contribution is 6.35. The molecule has 0 unspecified atom stereocenters. The molecular weight excluding hydrogens is 245 g/mol. The lowest BCUT2D eigenvalue weighted by atomic mass is 10.3. The third kappa shape index (κ3) is 2.81. The van der Waals surface area contributed by atoms with E-state index in [9.17, 15) is 14.9 Å². The van der Waals surface area contributed by atoms with Crippen LogP contribution in [0.1, 0.15) is 6.92 Å². The molecule has 0 fully saturated rings. The molecule has 0 atom stereocenters. The van der Waals surface area contributed by atoms with Crippen LogP contribution in [0.25, 0.3) is 0 Å². The number of hydrogen-bond acceptors (Lipinski definition) is 4. The molecule has 1 aromatic carbocycles. The Morgan fingerprint density at radius 3 is 2.47 bits per heavy atom. The van der Waals surface area contributed by atoms with Crippen molar-refractivity contribution in [3.05, 3.63) is 32.3 Å². The first-order valence-corrected chi connectivity index (χ1v) is 4.49. The summed E-state index contributed by atoms with van der Waals surface area (Å²) in [5.41, 5.74) is -0.336. The van der Waals surface area contributed by atoms with Crippen LogP contribution in [0.3, 0.4) is 0 Å². The Balaban J connectivity index is 3.19. The molecule has 80 valence electrons. The van der Waals surface area contributed by atoms with Crippen LogP contribution < -0.4 is 4.74 Å². The van der Waals surface area contributed by atoms with E-state index >= 15 is 0 Å². The largest absolute Gasteiger partial charge is 0.425 e. The molecule has 0 aliphatic rings. The van der Waals surface area contributed by atoms with Gasteiger partial charge < -0.3 is 4.74 Å². The molecule has 0 saturated heterocycles. The number of nitrogens with zero attached hydrogens (tertiary/aromatic N) is 1. The van der Waals surface area contributed by atoms with E-state index < -0.39 is 10.9 Å². The Hall–Kier alpha value is -1.33. The molecule has 0 saturated carbocycles. The van der Waals surface area contributed by atoms with Gasteiger partial charge in [-0.05, 0) is 0 Å². The van der Waals surface area contributed by atoms with Gasteiger partial charge in [-0.1, -0.05) is 23.2 Å². The Morgan fingerprint density at radius 2 is 2.00 bits per heavy atom. The first-order chi connectivity index (χ1) is 6.91. The second kappa shape index (κ2) is 4.46. The summed E-state index contributed by atoms with van der Waals surface area (Å²) in [5, 5.41) is 10.3. The quantitative estimate of drug-likeness (QED) is 0.350. The number of nitro benzene ring substituents is 1. The third-order valence-corrected chi connectivity index (χ3v) is 2.05. The van der Waals surface area contributed by atoms with Crippen LogP contribution in [0.4, 0.5) is 5.69 Å². The van der Waals surface area contributed by atoms with Gasteiger partial charge in [-0.2, -0.15) is 0 Å². The van der Waals surface area contributed by atoms with Crippen molar-refractivity contribution in [2.75, 3.05) is 0 Å². The summed E-state index contributed by atoms with van der Waals surface area (Å²) in [4.78, 5) is 20.4. The SMILES string of the molecule is CC(=O)Oc1cc(Cl)c([N+](=O)[O-])cc1Cl. The standard InChI is InChI=1S/C8H5Cl2NO4/c1-4(12)15-8-3-5(9)7(11(13)14)2-6(8)10/h2-3H,1H3. The number of hydrogen-bond donors (Lipinski definition) is 0. The van der Waals surface area contributed by atoms with Crippen molar-refractivity contribution in [1.82, 2.24) is 0 Å². The Morgan fingerprint density at radius 1 is 1.40 bits per heavy atom. The fourth-order valence-electron chi connectivity index (χ4n) is 0.891. The number of benzene rings is 1. The summed E-state index contributed by atoms with van der Waals surface area (Å²) in [6.07, 6.45) is 0. The van der Waals surface area contributed by atoms with Crippen LogP contribution in [-0.2, 0) is 4.79 Å². The van der Waals surface area contributed by atoms with Gasteiger partial charge in [0, 0.05) is 19.1 Å². The van der Waals surface area contributed by atoms with Crippen LogP contribution in [0.15, 0.2) is 12.1 Å². The first kappa shape index (κ1) is 11.7. The van der Waals surface area contributed by atoms with Gasteiger partial charge in [0.2, 0.25) is 0 Å². The number of esters is 1. The van der Waals surface area contributed by atoms with Crippen molar-refractivity contribution in [3.8, 4) is 5.75 Å². The van der Waals surface area contributed by atoms with Gasteiger partial charge >= 0.3 is 5.97 Å². The van der Waals surface area contributed by atoms with E-state index in [4.69, 9.17) is 23.2 Å². The van der Waals surface area contributed by atoms with Crippen LogP contribution in [-0.4, -0.2) is 10.9 Å². The summed E-state index contributed by atoms with van der Waals surface area (Å²) in [6.45, 7) is 1.19. The summed E-state index contributed by atoms with van der Waals surface area (Å²) in [7, 11) is 0. The number of carbonyl (C=O) groups is 1. The predicted octanol–water partition coefficient (Wildman–Crippen LogP) is 2.83. The number of ether oxygens (including phenoxy) is 1. The molecule has 0 bridgehead atoms. The molecule has 5 nitrogen and oxygen atoms in total. The molecule has 0 N–H and O–H groups in total. The topological polar surface area (TPSA) is 69.4 Å². The highest BCUT2D eigenvalue weighted by Gasteiger charge is 2.17. The number of rotatable bonds is 2. The highest BCUT2D eigenvalue weighted by Crippen LogP contribution is 2.35. The van der Waals surface area contributed by atoms with E-state index in [1.165, 1.54) is 6.92 Å². The zero-order valence-electron chi connectivity index (χ0n) is 7.49. The Labute approximate surface area is 94.7 Å². The lowest BCUT2D eigenvalue weighted by Crippen LogP contribution is -2.02. The highest BCUT2D eigenvalue weighted by atomic mass is 35.5. The average Bonchev–Trinajstić information content (AvgIpc) is 2.09. The smallest absolute Gasteiger partial charge is 0.308 e. The minimum Gasteiger partial charge on any atom is -0.425 e. The zero-order valence-corrected chi connectivity index (χ0v) is 9.00. The summed E-state index contributed by atoms with van der Waals surface area (Å²) < 4.78 is 4.68. The molecule has 0 amide bonds. The van der Waals surface area contributed by atoms with E-state index in [2.05, 4.69) is 4.74 Å². The molecule has 0 heterocycles. The minimum atomic E-state index is -0.675. The van der Waals surface area contributed by atoms with E-state index in [0.717, 1.165) is 12.1 Å². The molecule has 0 aromatic heterocycles. The molecule has 0 radical (unpaired) electrons. The van der Waals surface area contributed by atoms with Crippen molar-refractivity contribution in [2.24, 2.45) is 0 Å². The van der Waals surface area contributed by atoms with Gasteiger partial charge in [-0.25, -0.2) is 0 Å². The van der Waals surface area contributed by atoms with Gasteiger partial charge in [0.05, 0.1) is 9.95 Å². The second-order valence-corrected chi connectivity index (χ2v) is 3.40. The van der Waals surface area contributed by atoms with E-state index in [1.807, 2.05) is 0 Å². The third-order valence-electron chi connectivity index (χ3n) is 1.45. The summed E-state index contributed by atoms with van der Waals surface area (Å²) >= 11 is 11.2. The van der Waals surface area contributed by atoms with E-state index in [1.54, 1.807) is 0 Å². The maximum atomic E-state index is 10.6. The Kier molecular flexibility index (Phi) is 3.49. The van der Waals surface area contributed by atoms with Gasteiger partial charge in [0.25, 0.3) is 5.69 Å². The average molecular weight is 250 g/mol. The van der Waals surface area contributed by atoms with Crippen molar-refractivity contribution in [3.63, 3.8) is 0 Å². The molecule has 0 spiro atoms. The molecule has 15 heavy (non-hydrogen) atoms. The molecular formula is C8H5Cl2NO4. The molecule has 0 aliphatic heterocycles. The number of nitro groups is 1. The van der Waals surface area contributed by atoms with Crippen molar-refractivity contribution >= 4 is 34.9 Å². The number of halogens is 2. The normalized spacial score (nSPS) is 9.80. The van der Waals surface area contributed by atoms with Crippen LogP contribution in [0.2, 0.25) is 10.0 Å². The van der Waals surface area contributed by atoms with Crippen molar-refractivity contribution < 1.29 is 14.5 Å². The van der Waals surface area contributed by atoms with Crippen LogP contribution in [0.5, 0.6) is 5.75 Å². The molecule has 7 heteroatoms. The molecule has 1 aromatic rings. The van der Waals surface area contributed by atoms with E-state index in [0.29, 0.717) is 0 Å². The van der Waals surface area contributed by atoms with E-state index in [-0.39, 0.29) is 21.5 Å². The summed E-state index contributed by atoms with van der Waals surface area (Å²) in [6, 6.07) is 2.16. The van der Waals surface area contributed by atoms with Gasteiger partial charge in [-0.15, -0.1) is 0 Å². The maximum Gasteiger partial charge on any atom is 0.308 e. The fraction of sp³-hybridized carbons (Fsp3) is 0.125. The van der Waals surface area contributed by atoms with Crippen molar-refractivity contribution in [1.29, 1.82) is 0 Å². The number of carbonyl (C=O) groups excluding carboxylic acids is 1. The molecule has 1 rings (SSSR count). The van der Waals surface area contributed by atoms with Crippen LogP contribution in [0, 0.1) is 10.1 Å². The predicted molar refractivity (Wildman–Crippen MR) is 54.4 cm³/mol.